The number of nitro groups is 1. The number of likely N-dealkylation sites (N-methyl/N-ethyl adjacent to an activating group) is 1. The maximum absolute atomic E-state index is 12.3. The summed E-state index contributed by atoms with van der Waals surface area (Å²) in [6, 6.07) is 6.42. The van der Waals surface area contributed by atoms with Crippen LogP contribution in [-0.4, -0.2) is 29.2 Å². The summed E-state index contributed by atoms with van der Waals surface area (Å²) in [5.74, 6) is -1.51. The van der Waals surface area contributed by atoms with Crippen LogP contribution < -0.4 is 4.90 Å². The topological polar surface area (TPSA) is 80.5 Å². The lowest BCUT2D eigenvalue weighted by Crippen LogP contribution is -2.61. The Hall–Kier alpha value is -2.24. The number of Topliss-reactive ketones (excluding diaryl/α,β-unsaturated/α-hetero) is 1. The van der Waals surface area contributed by atoms with Gasteiger partial charge in [-0.3, -0.25) is 19.7 Å². The first-order chi connectivity index (χ1) is 8.46. The number of fused-ring (bicyclic) bond motifs is 1. The molecule has 0 fully saturated rings. The van der Waals surface area contributed by atoms with Gasteiger partial charge in [-0.15, -0.1) is 0 Å². The summed E-state index contributed by atoms with van der Waals surface area (Å²) in [4.78, 5) is 36.1. The predicted octanol–water partition coefficient (Wildman–Crippen LogP) is 1.27. The molecule has 1 heterocycles. The molecule has 94 valence electrons. The van der Waals surface area contributed by atoms with Gasteiger partial charge in [0.2, 0.25) is 0 Å². The molecule has 0 spiro atoms. The largest absolute Gasteiger partial charge is 0.360 e. The third-order valence-corrected chi connectivity index (χ3v) is 3.37. The van der Waals surface area contributed by atoms with Crippen LogP contribution in [0.15, 0.2) is 24.3 Å². The number of carbonyl (C=O) groups excluding carboxylic acids is 2. The van der Waals surface area contributed by atoms with E-state index in [1.165, 1.54) is 24.9 Å². The molecule has 0 saturated heterocycles. The number of hydrogen-bond acceptors (Lipinski definition) is 4. The molecule has 18 heavy (non-hydrogen) atoms. The van der Waals surface area contributed by atoms with Crippen molar-refractivity contribution in [2.75, 3.05) is 11.9 Å². The fourth-order valence-electron chi connectivity index (χ4n) is 2.27. The molecule has 1 aromatic carbocycles. The Balaban J connectivity index is 2.73. The number of nitrogens with zero attached hydrogens (tertiary/aromatic N) is 2. The molecule has 1 aliphatic rings. The fourth-order valence-corrected chi connectivity index (χ4v) is 2.27. The van der Waals surface area contributed by atoms with Gasteiger partial charge in [0.1, 0.15) is 0 Å². The van der Waals surface area contributed by atoms with E-state index in [9.17, 15) is 19.7 Å². The van der Waals surface area contributed by atoms with Gasteiger partial charge in [0.05, 0.1) is 5.69 Å². The van der Waals surface area contributed by atoms with E-state index in [1.54, 1.807) is 18.2 Å². The van der Waals surface area contributed by atoms with Gasteiger partial charge < -0.3 is 4.90 Å². The van der Waals surface area contributed by atoms with Crippen molar-refractivity contribution in [2.45, 2.75) is 18.9 Å². The minimum absolute atomic E-state index is 0.156. The summed E-state index contributed by atoms with van der Waals surface area (Å²) in [7, 11) is 1.45. The Labute approximate surface area is 103 Å². The molecule has 6 nitrogen and oxygen atoms in total. The van der Waals surface area contributed by atoms with E-state index in [0.717, 1.165) is 0 Å². The molecule has 1 aliphatic heterocycles. The van der Waals surface area contributed by atoms with Crippen LogP contribution in [0.5, 0.6) is 0 Å². The second-order valence-corrected chi connectivity index (χ2v) is 4.18. The van der Waals surface area contributed by atoms with Crippen molar-refractivity contribution in [3.63, 3.8) is 0 Å². The molecular formula is C12H12N2O4. The van der Waals surface area contributed by atoms with Gasteiger partial charge in [0.15, 0.2) is 0 Å². The summed E-state index contributed by atoms with van der Waals surface area (Å²) < 4.78 is 0. The standard InChI is InChI=1S/C12H12N2O4/c1-3-12(14(17)18)10(15)8-6-4-5-7-9(8)13(2)11(12)16/h4-7H,3H2,1-2H3. The highest BCUT2D eigenvalue weighted by Crippen LogP contribution is 2.35. The molecule has 0 aliphatic carbocycles. The van der Waals surface area contributed by atoms with Gasteiger partial charge in [0, 0.05) is 24.0 Å². The zero-order valence-corrected chi connectivity index (χ0v) is 10.0. The molecule has 0 aromatic heterocycles. The molecule has 0 saturated carbocycles. The Morgan fingerprint density at radius 3 is 2.50 bits per heavy atom. The minimum atomic E-state index is -2.18. The summed E-state index contributed by atoms with van der Waals surface area (Å²) in [5, 5.41) is 11.2. The number of carbonyl (C=O) groups is 2. The smallest absolute Gasteiger partial charge is 0.308 e. The van der Waals surface area contributed by atoms with E-state index < -0.39 is 22.2 Å². The molecule has 1 atom stereocenters. The Morgan fingerprint density at radius 1 is 1.33 bits per heavy atom. The fraction of sp³-hybridized carbons (Fsp3) is 0.333. The van der Waals surface area contributed by atoms with E-state index in [0.29, 0.717) is 5.69 Å². The van der Waals surface area contributed by atoms with Crippen molar-refractivity contribution < 1.29 is 14.5 Å². The molecule has 0 N–H and O–H groups in total. The van der Waals surface area contributed by atoms with Crippen molar-refractivity contribution in [3.8, 4) is 0 Å². The summed E-state index contributed by atoms with van der Waals surface area (Å²) >= 11 is 0. The average molecular weight is 248 g/mol. The van der Waals surface area contributed by atoms with E-state index in [4.69, 9.17) is 0 Å². The van der Waals surface area contributed by atoms with Crippen molar-refractivity contribution in [3.05, 3.63) is 39.9 Å². The van der Waals surface area contributed by atoms with Crippen LogP contribution >= 0.6 is 0 Å². The van der Waals surface area contributed by atoms with E-state index in [1.807, 2.05) is 0 Å². The van der Waals surface area contributed by atoms with Crippen LogP contribution in [0.4, 0.5) is 5.69 Å². The molecule has 6 heteroatoms. The molecule has 2 rings (SSSR count). The Kier molecular flexibility index (Phi) is 2.65. The first-order valence-corrected chi connectivity index (χ1v) is 5.53. The third kappa shape index (κ3) is 1.28. The number of benzene rings is 1. The minimum Gasteiger partial charge on any atom is -0.308 e. The highest BCUT2D eigenvalue weighted by molar-refractivity contribution is 6.26. The van der Waals surface area contributed by atoms with Crippen LogP contribution in [0.3, 0.4) is 0 Å². The quantitative estimate of drug-likeness (QED) is 0.448. The lowest BCUT2D eigenvalue weighted by atomic mass is 9.82. The van der Waals surface area contributed by atoms with Gasteiger partial charge in [-0.1, -0.05) is 19.1 Å². The van der Waals surface area contributed by atoms with Gasteiger partial charge in [-0.05, 0) is 12.1 Å². The van der Waals surface area contributed by atoms with Crippen LogP contribution in [0.25, 0.3) is 0 Å². The SMILES string of the molecule is CCC1([N+](=O)[O-])C(=O)c2ccccc2N(C)C1=O. The second kappa shape index (κ2) is 3.90. The molecule has 1 unspecified atom stereocenters. The van der Waals surface area contributed by atoms with Crippen molar-refractivity contribution in [1.82, 2.24) is 0 Å². The second-order valence-electron chi connectivity index (χ2n) is 4.18. The van der Waals surface area contributed by atoms with E-state index >= 15 is 0 Å². The van der Waals surface area contributed by atoms with Gasteiger partial charge in [0.25, 0.3) is 5.78 Å². The Bertz CT molecular complexity index is 555. The first-order valence-electron chi connectivity index (χ1n) is 5.53. The number of hydrogen-bond donors (Lipinski definition) is 0. The van der Waals surface area contributed by atoms with Crippen LogP contribution in [0.2, 0.25) is 0 Å². The zero-order chi connectivity index (χ0) is 13.5. The van der Waals surface area contributed by atoms with Gasteiger partial charge >= 0.3 is 11.4 Å². The number of para-hydroxylation sites is 1. The maximum Gasteiger partial charge on any atom is 0.360 e. The van der Waals surface area contributed by atoms with Crippen molar-refractivity contribution in [1.29, 1.82) is 0 Å². The predicted molar refractivity (Wildman–Crippen MR) is 64.2 cm³/mol. The number of ketones is 1. The molecular weight excluding hydrogens is 236 g/mol. The van der Waals surface area contributed by atoms with Gasteiger partial charge in [-0.25, -0.2) is 0 Å². The first kappa shape index (κ1) is 12.2. The molecule has 0 radical (unpaired) electrons. The molecule has 0 bridgehead atoms. The lowest BCUT2D eigenvalue weighted by Gasteiger charge is -2.33. The summed E-state index contributed by atoms with van der Waals surface area (Å²) in [6.45, 7) is 1.47. The number of amides is 1. The highest BCUT2D eigenvalue weighted by atomic mass is 16.6. The lowest BCUT2D eigenvalue weighted by molar-refractivity contribution is -0.533. The van der Waals surface area contributed by atoms with Crippen LogP contribution in [0.1, 0.15) is 23.7 Å². The summed E-state index contributed by atoms with van der Waals surface area (Å²) in [5.41, 5.74) is -1.54. The summed E-state index contributed by atoms with van der Waals surface area (Å²) in [6.07, 6.45) is -0.156. The maximum atomic E-state index is 12.3. The third-order valence-electron chi connectivity index (χ3n) is 3.37. The van der Waals surface area contributed by atoms with E-state index in [2.05, 4.69) is 0 Å². The normalized spacial score (nSPS) is 22.9. The van der Waals surface area contributed by atoms with Crippen molar-refractivity contribution in [2.24, 2.45) is 0 Å². The molecule has 1 aromatic rings. The average Bonchev–Trinajstić information content (AvgIpc) is 2.37. The zero-order valence-electron chi connectivity index (χ0n) is 10.0. The van der Waals surface area contributed by atoms with Crippen LogP contribution in [-0.2, 0) is 4.79 Å². The number of rotatable bonds is 2. The van der Waals surface area contributed by atoms with Crippen LogP contribution in [0, 0.1) is 10.1 Å². The Morgan fingerprint density at radius 2 is 1.94 bits per heavy atom. The van der Waals surface area contributed by atoms with Crippen molar-refractivity contribution >= 4 is 17.4 Å². The monoisotopic (exact) mass is 248 g/mol. The number of anilines is 1. The van der Waals surface area contributed by atoms with Gasteiger partial charge in [-0.2, -0.15) is 0 Å². The highest BCUT2D eigenvalue weighted by Gasteiger charge is 2.61. The van der Waals surface area contributed by atoms with E-state index in [-0.39, 0.29) is 12.0 Å². The molecule has 1 amide bonds.